The van der Waals surface area contributed by atoms with E-state index in [1.165, 1.54) is 23.3 Å². The predicted octanol–water partition coefficient (Wildman–Crippen LogP) is 7.86. The molecular weight excluding hydrogens is 471 g/mol. The number of nitrogens with zero attached hydrogens (tertiary/aromatic N) is 3. The second-order valence-electron chi connectivity index (χ2n) is 9.27. The normalized spacial score (nSPS) is 11.2. The number of halogens is 1. The minimum Gasteiger partial charge on any atom is -0.369 e. The van der Waals surface area contributed by atoms with Crippen molar-refractivity contribution in [2.75, 3.05) is 11.9 Å². The molecule has 0 bridgehead atoms. The van der Waals surface area contributed by atoms with Crippen molar-refractivity contribution in [2.24, 2.45) is 0 Å². The molecule has 0 saturated heterocycles. The summed E-state index contributed by atoms with van der Waals surface area (Å²) in [5, 5.41) is 4.56. The third-order valence-corrected chi connectivity index (χ3v) is 6.90. The third kappa shape index (κ3) is 4.78. The van der Waals surface area contributed by atoms with E-state index in [0.717, 1.165) is 46.6 Å². The fourth-order valence-corrected chi connectivity index (χ4v) is 5.06. The first-order valence-corrected chi connectivity index (χ1v) is 12.8. The van der Waals surface area contributed by atoms with E-state index in [0.29, 0.717) is 0 Å². The van der Waals surface area contributed by atoms with Crippen LogP contribution in [-0.4, -0.2) is 21.1 Å². The Bertz CT molecular complexity index is 1590. The van der Waals surface area contributed by atoms with Crippen LogP contribution < -0.4 is 5.32 Å². The summed E-state index contributed by atoms with van der Waals surface area (Å²) in [6.45, 7) is 0.733. The smallest absolute Gasteiger partial charge is 0.150 e. The molecule has 4 aromatic carbocycles. The quantitative estimate of drug-likeness (QED) is 0.232. The van der Waals surface area contributed by atoms with Gasteiger partial charge in [-0.1, -0.05) is 91.0 Å². The SMILES string of the molecule is Fc1ccc(-n2cc(-c3ccccc3)c3c(NCCC(c4ccccc4)c4ccccc4)ncnc32)cc1. The van der Waals surface area contributed by atoms with Crippen molar-refractivity contribution < 1.29 is 4.39 Å². The lowest BCUT2D eigenvalue weighted by Crippen LogP contribution is -2.10. The summed E-state index contributed by atoms with van der Waals surface area (Å²) < 4.78 is 15.7. The Labute approximate surface area is 221 Å². The molecule has 4 nitrogen and oxygen atoms in total. The van der Waals surface area contributed by atoms with Crippen molar-refractivity contribution in [3.05, 3.63) is 145 Å². The first-order valence-electron chi connectivity index (χ1n) is 12.8. The zero-order chi connectivity index (χ0) is 25.7. The van der Waals surface area contributed by atoms with Crippen LogP contribution in [0.4, 0.5) is 10.2 Å². The lowest BCUT2D eigenvalue weighted by molar-refractivity contribution is 0.627. The molecule has 0 aliphatic carbocycles. The lowest BCUT2D eigenvalue weighted by atomic mass is 9.88. The maximum absolute atomic E-state index is 13.7. The molecule has 0 saturated carbocycles. The van der Waals surface area contributed by atoms with Gasteiger partial charge >= 0.3 is 0 Å². The zero-order valence-electron chi connectivity index (χ0n) is 20.8. The Morgan fingerprint density at radius 2 is 1.32 bits per heavy atom. The average Bonchev–Trinajstić information content (AvgIpc) is 3.38. The molecule has 0 atom stereocenters. The molecular formula is C33H27FN4. The molecule has 0 aliphatic rings. The van der Waals surface area contributed by atoms with E-state index >= 15 is 0 Å². The lowest BCUT2D eigenvalue weighted by Gasteiger charge is -2.19. The molecule has 2 heterocycles. The van der Waals surface area contributed by atoms with Crippen molar-refractivity contribution in [1.29, 1.82) is 0 Å². The maximum Gasteiger partial charge on any atom is 0.150 e. The molecule has 1 N–H and O–H groups in total. The monoisotopic (exact) mass is 498 g/mol. The molecule has 6 rings (SSSR count). The number of hydrogen-bond donors (Lipinski definition) is 1. The van der Waals surface area contributed by atoms with Crippen molar-refractivity contribution >= 4 is 16.9 Å². The second-order valence-corrected chi connectivity index (χ2v) is 9.27. The highest BCUT2D eigenvalue weighted by Gasteiger charge is 2.18. The van der Waals surface area contributed by atoms with Crippen LogP contribution in [-0.2, 0) is 0 Å². The minimum absolute atomic E-state index is 0.264. The van der Waals surface area contributed by atoms with E-state index < -0.39 is 0 Å². The summed E-state index contributed by atoms with van der Waals surface area (Å²) >= 11 is 0. The molecule has 0 radical (unpaired) electrons. The van der Waals surface area contributed by atoms with Gasteiger partial charge in [-0.05, 0) is 47.4 Å². The van der Waals surface area contributed by atoms with Gasteiger partial charge in [0.25, 0.3) is 0 Å². The van der Waals surface area contributed by atoms with Crippen LogP contribution in [0.2, 0.25) is 0 Å². The first kappa shape index (κ1) is 23.6. The van der Waals surface area contributed by atoms with E-state index in [2.05, 4.69) is 94.3 Å². The van der Waals surface area contributed by atoms with Gasteiger partial charge < -0.3 is 9.88 Å². The van der Waals surface area contributed by atoms with Gasteiger partial charge in [0.1, 0.15) is 18.0 Å². The number of fused-ring (bicyclic) bond motifs is 1. The highest BCUT2D eigenvalue weighted by atomic mass is 19.1. The van der Waals surface area contributed by atoms with Crippen molar-refractivity contribution in [3.63, 3.8) is 0 Å². The maximum atomic E-state index is 13.7. The molecule has 0 fully saturated rings. The zero-order valence-corrected chi connectivity index (χ0v) is 20.8. The number of benzene rings is 4. The summed E-state index contributed by atoms with van der Waals surface area (Å²) in [4.78, 5) is 9.30. The van der Waals surface area contributed by atoms with Crippen LogP contribution in [0.15, 0.2) is 128 Å². The summed E-state index contributed by atoms with van der Waals surface area (Å²) in [7, 11) is 0. The fourth-order valence-electron chi connectivity index (χ4n) is 5.06. The van der Waals surface area contributed by atoms with Gasteiger partial charge in [0.2, 0.25) is 0 Å². The second kappa shape index (κ2) is 10.7. The van der Waals surface area contributed by atoms with Gasteiger partial charge in [0, 0.05) is 29.9 Å². The molecule has 0 aliphatic heterocycles. The van der Waals surface area contributed by atoms with Crippen LogP contribution >= 0.6 is 0 Å². The summed E-state index contributed by atoms with van der Waals surface area (Å²) in [5.41, 5.74) is 6.30. The topological polar surface area (TPSA) is 42.7 Å². The molecule has 38 heavy (non-hydrogen) atoms. The highest BCUT2D eigenvalue weighted by molar-refractivity contribution is 6.02. The van der Waals surface area contributed by atoms with Crippen LogP contribution in [0, 0.1) is 5.82 Å². The fraction of sp³-hybridized carbons (Fsp3) is 0.0909. The van der Waals surface area contributed by atoms with Gasteiger partial charge in [-0.3, -0.25) is 0 Å². The Morgan fingerprint density at radius 3 is 1.95 bits per heavy atom. The summed E-state index contributed by atoms with van der Waals surface area (Å²) in [6.07, 6.45) is 4.55. The molecule has 0 spiro atoms. The number of rotatable bonds is 8. The van der Waals surface area contributed by atoms with Crippen LogP contribution in [0.5, 0.6) is 0 Å². The largest absolute Gasteiger partial charge is 0.369 e. The van der Waals surface area contributed by atoms with E-state index in [1.54, 1.807) is 18.5 Å². The standard InChI is InChI=1S/C33H27FN4/c34-27-16-18-28(19-17-27)38-22-30(26-14-8-3-9-15-26)31-32(36-23-37-33(31)38)35-21-20-29(24-10-4-1-5-11-24)25-12-6-2-7-13-25/h1-19,22-23,29H,20-21H2,(H,35,36,37). The molecule has 2 aromatic heterocycles. The average molecular weight is 499 g/mol. The summed E-state index contributed by atoms with van der Waals surface area (Å²) in [6, 6.07) is 37.9. The predicted molar refractivity (Wildman–Crippen MR) is 152 cm³/mol. The number of hydrogen-bond acceptors (Lipinski definition) is 3. The molecule has 6 aromatic rings. The Kier molecular flexibility index (Phi) is 6.64. The molecule has 5 heteroatoms. The van der Waals surface area contributed by atoms with Gasteiger partial charge in [-0.2, -0.15) is 0 Å². The van der Waals surface area contributed by atoms with E-state index in [-0.39, 0.29) is 11.7 Å². The number of aromatic nitrogens is 3. The molecule has 186 valence electrons. The van der Waals surface area contributed by atoms with Crippen molar-refractivity contribution in [2.45, 2.75) is 12.3 Å². The minimum atomic E-state index is -0.267. The van der Waals surface area contributed by atoms with Crippen molar-refractivity contribution in [1.82, 2.24) is 14.5 Å². The summed E-state index contributed by atoms with van der Waals surface area (Å²) in [5.74, 6) is 0.783. The molecule has 0 unspecified atom stereocenters. The van der Waals surface area contributed by atoms with Crippen molar-refractivity contribution in [3.8, 4) is 16.8 Å². The van der Waals surface area contributed by atoms with Gasteiger partial charge in [-0.25, -0.2) is 14.4 Å². The van der Waals surface area contributed by atoms with E-state index in [1.807, 2.05) is 22.8 Å². The molecule has 0 amide bonds. The van der Waals surface area contributed by atoms with Gasteiger partial charge in [-0.15, -0.1) is 0 Å². The number of nitrogens with one attached hydrogen (secondary N) is 1. The Hall–Kier alpha value is -4.77. The van der Waals surface area contributed by atoms with E-state index in [4.69, 9.17) is 0 Å². The third-order valence-electron chi connectivity index (χ3n) is 6.90. The first-order chi connectivity index (χ1) is 18.8. The van der Waals surface area contributed by atoms with Gasteiger partial charge in [0.15, 0.2) is 5.65 Å². The highest BCUT2D eigenvalue weighted by Crippen LogP contribution is 2.36. The van der Waals surface area contributed by atoms with Crippen LogP contribution in [0.1, 0.15) is 23.5 Å². The van der Waals surface area contributed by atoms with Gasteiger partial charge in [0.05, 0.1) is 5.39 Å². The Balaban J connectivity index is 1.37. The van der Waals surface area contributed by atoms with Crippen LogP contribution in [0.25, 0.3) is 27.8 Å². The Morgan fingerprint density at radius 1 is 0.711 bits per heavy atom. The van der Waals surface area contributed by atoms with E-state index in [9.17, 15) is 4.39 Å². The number of anilines is 1. The van der Waals surface area contributed by atoms with Crippen LogP contribution in [0.3, 0.4) is 0 Å².